The van der Waals surface area contributed by atoms with Gasteiger partial charge < -0.3 is 10.5 Å². The lowest BCUT2D eigenvalue weighted by atomic mass is 10.1. The molecule has 0 saturated carbocycles. The van der Waals surface area contributed by atoms with Crippen LogP contribution in [0, 0.1) is 27.7 Å². The Labute approximate surface area is 114 Å². The quantitative estimate of drug-likeness (QED) is 0.913. The van der Waals surface area contributed by atoms with Crippen LogP contribution in [0.4, 0.5) is 0 Å². The second-order valence-electron chi connectivity index (χ2n) is 4.96. The molecule has 19 heavy (non-hydrogen) atoms. The average Bonchev–Trinajstić information content (AvgIpc) is 2.26. The Morgan fingerprint density at radius 3 is 2.21 bits per heavy atom. The molecular weight excluding hydrogens is 236 g/mol. The molecule has 0 aliphatic carbocycles. The van der Waals surface area contributed by atoms with Gasteiger partial charge in [0.15, 0.2) is 0 Å². The highest BCUT2D eigenvalue weighted by Gasteiger charge is 2.09. The van der Waals surface area contributed by atoms with E-state index < -0.39 is 0 Å². The fourth-order valence-corrected chi connectivity index (χ4v) is 2.28. The van der Waals surface area contributed by atoms with E-state index in [1.807, 2.05) is 32.0 Å². The van der Waals surface area contributed by atoms with Crippen LogP contribution in [0.5, 0.6) is 11.5 Å². The Hall–Kier alpha value is -1.87. The molecule has 0 aliphatic rings. The summed E-state index contributed by atoms with van der Waals surface area (Å²) in [5, 5.41) is 0. The second kappa shape index (κ2) is 5.41. The molecule has 2 aromatic rings. The lowest BCUT2D eigenvalue weighted by Crippen LogP contribution is -2.05. The molecular formula is C16H20N2O. The van der Waals surface area contributed by atoms with Gasteiger partial charge in [0.25, 0.3) is 0 Å². The zero-order valence-corrected chi connectivity index (χ0v) is 11.9. The van der Waals surface area contributed by atoms with Gasteiger partial charge in [-0.25, -0.2) is 0 Å². The molecule has 0 spiro atoms. The fraction of sp³-hybridized carbons (Fsp3) is 0.312. The standard InChI is InChI=1S/C16H20N2O/c1-10-5-11(2)7-14(6-10)19-16-8-12(3)18-13(4)15(16)9-17/h5-8H,9,17H2,1-4H3. The number of rotatable bonds is 3. The van der Waals surface area contributed by atoms with E-state index in [-0.39, 0.29) is 0 Å². The summed E-state index contributed by atoms with van der Waals surface area (Å²) in [5.41, 5.74) is 11.0. The number of hydrogen-bond donors (Lipinski definition) is 1. The molecule has 0 bridgehead atoms. The van der Waals surface area contributed by atoms with Gasteiger partial charge in [0.1, 0.15) is 11.5 Å². The van der Waals surface area contributed by atoms with Crippen molar-refractivity contribution in [3.05, 3.63) is 52.3 Å². The van der Waals surface area contributed by atoms with E-state index in [0.29, 0.717) is 6.54 Å². The van der Waals surface area contributed by atoms with Crippen molar-refractivity contribution in [3.63, 3.8) is 0 Å². The van der Waals surface area contributed by atoms with Crippen LogP contribution in [0.1, 0.15) is 28.1 Å². The second-order valence-corrected chi connectivity index (χ2v) is 4.96. The van der Waals surface area contributed by atoms with E-state index >= 15 is 0 Å². The molecule has 1 aromatic carbocycles. The smallest absolute Gasteiger partial charge is 0.135 e. The molecule has 0 amide bonds. The van der Waals surface area contributed by atoms with Crippen molar-refractivity contribution < 1.29 is 4.74 Å². The first-order valence-electron chi connectivity index (χ1n) is 6.43. The first kappa shape index (κ1) is 13.6. The lowest BCUT2D eigenvalue weighted by Gasteiger charge is -2.14. The molecule has 1 heterocycles. The molecule has 3 heteroatoms. The van der Waals surface area contributed by atoms with Crippen LogP contribution in [-0.4, -0.2) is 4.98 Å². The van der Waals surface area contributed by atoms with Crippen LogP contribution in [0.3, 0.4) is 0 Å². The van der Waals surface area contributed by atoms with Crippen molar-refractivity contribution in [2.24, 2.45) is 5.73 Å². The van der Waals surface area contributed by atoms with E-state index in [1.54, 1.807) is 0 Å². The maximum atomic E-state index is 6.00. The minimum absolute atomic E-state index is 0.430. The average molecular weight is 256 g/mol. The summed E-state index contributed by atoms with van der Waals surface area (Å²) in [6.07, 6.45) is 0. The number of aryl methyl sites for hydroxylation is 4. The zero-order valence-electron chi connectivity index (χ0n) is 11.9. The van der Waals surface area contributed by atoms with Gasteiger partial charge in [-0.3, -0.25) is 4.98 Å². The van der Waals surface area contributed by atoms with Crippen LogP contribution < -0.4 is 10.5 Å². The maximum Gasteiger partial charge on any atom is 0.135 e. The van der Waals surface area contributed by atoms with E-state index in [0.717, 1.165) is 28.5 Å². The molecule has 2 rings (SSSR count). The largest absolute Gasteiger partial charge is 0.457 e. The minimum atomic E-state index is 0.430. The van der Waals surface area contributed by atoms with Crippen molar-refractivity contribution in [1.29, 1.82) is 0 Å². The van der Waals surface area contributed by atoms with Crippen molar-refractivity contribution in [2.75, 3.05) is 0 Å². The highest BCUT2D eigenvalue weighted by molar-refractivity contribution is 5.42. The summed E-state index contributed by atoms with van der Waals surface area (Å²) in [6.45, 7) is 8.48. The molecule has 2 N–H and O–H groups in total. The van der Waals surface area contributed by atoms with Gasteiger partial charge in [0, 0.05) is 29.6 Å². The molecule has 0 aliphatic heterocycles. The summed E-state index contributed by atoms with van der Waals surface area (Å²) < 4.78 is 6.00. The molecule has 0 saturated heterocycles. The van der Waals surface area contributed by atoms with Crippen LogP contribution in [0.2, 0.25) is 0 Å². The Balaban J connectivity index is 2.42. The van der Waals surface area contributed by atoms with E-state index in [9.17, 15) is 0 Å². The predicted octanol–water partition coefficient (Wildman–Crippen LogP) is 3.57. The van der Waals surface area contributed by atoms with Crippen molar-refractivity contribution in [3.8, 4) is 11.5 Å². The normalized spacial score (nSPS) is 10.6. The Morgan fingerprint density at radius 1 is 1.00 bits per heavy atom. The minimum Gasteiger partial charge on any atom is -0.457 e. The first-order chi connectivity index (χ1) is 8.99. The van der Waals surface area contributed by atoms with Crippen LogP contribution in [-0.2, 0) is 6.54 Å². The molecule has 1 aromatic heterocycles. The Kier molecular flexibility index (Phi) is 3.86. The summed E-state index contributed by atoms with van der Waals surface area (Å²) in [5.74, 6) is 1.65. The maximum absolute atomic E-state index is 6.00. The number of hydrogen-bond acceptors (Lipinski definition) is 3. The number of nitrogens with zero attached hydrogens (tertiary/aromatic N) is 1. The van der Waals surface area contributed by atoms with Gasteiger partial charge in [-0.05, 0) is 51.0 Å². The van der Waals surface area contributed by atoms with Crippen molar-refractivity contribution >= 4 is 0 Å². The van der Waals surface area contributed by atoms with E-state index in [1.165, 1.54) is 11.1 Å². The molecule has 0 unspecified atom stereocenters. The van der Waals surface area contributed by atoms with Crippen molar-refractivity contribution in [2.45, 2.75) is 34.2 Å². The highest BCUT2D eigenvalue weighted by Crippen LogP contribution is 2.28. The third-order valence-corrected chi connectivity index (χ3v) is 3.05. The molecule has 0 fully saturated rings. The topological polar surface area (TPSA) is 48.1 Å². The predicted molar refractivity (Wildman–Crippen MR) is 77.6 cm³/mol. The number of nitrogens with two attached hydrogens (primary N) is 1. The van der Waals surface area contributed by atoms with Gasteiger partial charge in [0.2, 0.25) is 0 Å². The zero-order chi connectivity index (χ0) is 14.0. The number of benzene rings is 1. The van der Waals surface area contributed by atoms with E-state index in [4.69, 9.17) is 10.5 Å². The van der Waals surface area contributed by atoms with Gasteiger partial charge in [-0.2, -0.15) is 0 Å². The van der Waals surface area contributed by atoms with Crippen LogP contribution >= 0.6 is 0 Å². The summed E-state index contributed by atoms with van der Waals surface area (Å²) in [4.78, 5) is 4.42. The fourth-order valence-electron chi connectivity index (χ4n) is 2.28. The third kappa shape index (κ3) is 3.12. The van der Waals surface area contributed by atoms with Gasteiger partial charge in [-0.15, -0.1) is 0 Å². The number of ether oxygens (including phenoxy) is 1. The Bertz CT molecular complexity index is 586. The summed E-state index contributed by atoms with van der Waals surface area (Å²) in [6, 6.07) is 8.11. The van der Waals surface area contributed by atoms with Crippen molar-refractivity contribution in [1.82, 2.24) is 4.98 Å². The van der Waals surface area contributed by atoms with Crippen LogP contribution in [0.25, 0.3) is 0 Å². The monoisotopic (exact) mass is 256 g/mol. The van der Waals surface area contributed by atoms with Gasteiger partial charge in [0.05, 0.1) is 0 Å². The highest BCUT2D eigenvalue weighted by atomic mass is 16.5. The number of aromatic nitrogens is 1. The summed E-state index contributed by atoms with van der Waals surface area (Å²) >= 11 is 0. The first-order valence-corrected chi connectivity index (χ1v) is 6.43. The molecule has 0 radical (unpaired) electrons. The lowest BCUT2D eigenvalue weighted by molar-refractivity contribution is 0.473. The van der Waals surface area contributed by atoms with Gasteiger partial charge >= 0.3 is 0 Å². The summed E-state index contributed by atoms with van der Waals surface area (Å²) in [7, 11) is 0. The van der Waals surface area contributed by atoms with Gasteiger partial charge in [-0.1, -0.05) is 6.07 Å². The Morgan fingerprint density at radius 2 is 1.63 bits per heavy atom. The third-order valence-electron chi connectivity index (χ3n) is 3.05. The number of pyridine rings is 1. The SMILES string of the molecule is Cc1cc(C)cc(Oc2cc(C)nc(C)c2CN)c1. The molecule has 100 valence electrons. The van der Waals surface area contributed by atoms with E-state index in [2.05, 4.69) is 24.9 Å². The van der Waals surface area contributed by atoms with Crippen LogP contribution in [0.15, 0.2) is 24.3 Å². The molecule has 3 nitrogen and oxygen atoms in total. The molecule has 0 atom stereocenters.